The van der Waals surface area contributed by atoms with Crippen molar-refractivity contribution in [3.8, 4) is 11.5 Å². The van der Waals surface area contributed by atoms with Crippen LogP contribution in [0.3, 0.4) is 0 Å². The number of halogens is 4. The second-order valence-electron chi connectivity index (χ2n) is 7.15. The predicted molar refractivity (Wildman–Crippen MR) is 130 cm³/mol. The van der Waals surface area contributed by atoms with Crippen LogP contribution in [0.15, 0.2) is 65.3 Å². The number of ether oxygens (including phenoxy) is 3. The monoisotopic (exact) mass is 519 g/mol. The Hall–Kier alpha value is -3.06. The van der Waals surface area contributed by atoms with E-state index in [1.54, 1.807) is 42.5 Å². The fourth-order valence-electron chi connectivity index (χ4n) is 3.18. The summed E-state index contributed by atoms with van der Waals surface area (Å²) < 4.78 is 30.2. The summed E-state index contributed by atoms with van der Waals surface area (Å²) in [6.45, 7) is 2.27. The highest BCUT2D eigenvalue weighted by atomic mass is 35.5. The number of nitrogens with zero attached hydrogens (tertiary/aromatic N) is 1. The van der Waals surface area contributed by atoms with Gasteiger partial charge in [0.1, 0.15) is 12.4 Å². The van der Waals surface area contributed by atoms with Crippen LogP contribution in [0.1, 0.15) is 23.6 Å². The first-order valence-corrected chi connectivity index (χ1v) is 11.3. The van der Waals surface area contributed by atoms with Crippen molar-refractivity contribution in [1.82, 2.24) is 0 Å². The molecule has 4 rings (SSSR count). The van der Waals surface area contributed by atoms with Gasteiger partial charge in [0, 0.05) is 5.56 Å². The number of rotatable bonds is 7. The molecule has 0 radical (unpaired) electrons. The average molecular weight is 521 g/mol. The van der Waals surface area contributed by atoms with Gasteiger partial charge in [-0.05, 0) is 66.6 Å². The van der Waals surface area contributed by atoms with Gasteiger partial charge in [-0.25, -0.2) is 14.2 Å². The predicted octanol–water partition coefficient (Wildman–Crippen LogP) is 7.11. The van der Waals surface area contributed by atoms with Gasteiger partial charge in [0.25, 0.3) is 0 Å². The molecule has 0 saturated heterocycles. The van der Waals surface area contributed by atoms with E-state index in [2.05, 4.69) is 4.99 Å². The third-order valence-corrected chi connectivity index (χ3v) is 5.71. The Morgan fingerprint density at radius 3 is 2.56 bits per heavy atom. The highest BCUT2D eigenvalue weighted by Crippen LogP contribution is 2.38. The minimum atomic E-state index is -0.624. The van der Waals surface area contributed by atoms with E-state index in [1.807, 2.05) is 6.92 Å². The highest BCUT2D eigenvalue weighted by Gasteiger charge is 2.25. The Morgan fingerprint density at radius 2 is 1.82 bits per heavy atom. The summed E-state index contributed by atoms with van der Waals surface area (Å²) in [6.07, 6.45) is 1.53. The van der Waals surface area contributed by atoms with Gasteiger partial charge in [-0.3, -0.25) is 0 Å². The summed E-state index contributed by atoms with van der Waals surface area (Å²) in [5.41, 5.74) is 1.79. The van der Waals surface area contributed by atoms with Crippen molar-refractivity contribution in [2.45, 2.75) is 13.5 Å². The minimum absolute atomic E-state index is 0.0769. The number of hydrogen-bond acceptors (Lipinski definition) is 5. The van der Waals surface area contributed by atoms with Gasteiger partial charge in [0.2, 0.25) is 5.90 Å². The Balaban J connectivity index is 1.61. The van der Waals surface area contributed by atoms with E-state index >= 15 is 0 Å². The lowest BCUT2D eigenvalue weighted by Crippen LogP contribution is -2.05. The number of carbonyl (C=O) groups excluding carboxylic acids is 1. The molecule has 0 N–H and O–H groups in total. The third-order valence-electron chi connectivity index (χ3n) is 4.69. The van der Waals surface area contributed by atoms with Crippen molar-refractivity contribution in [2.24, 2.45) is 4.99 Å². The van der Waals surface area contributed by atoms with Crippen LogP contribution in [0.5, 0.6) is 11.5 Å². The summed E-state index contributed by atoms with van der Waals surface area (Å²) >= 11 is 18.4. The number of carbonyl (C=O) groups is 1. The molecule has 0 spiro atoms. The van der Waals surface area contributed by atoms with Crippen LogP contribution >= 0.6 is 34.8 Å². The molecule has 0 fully saturated rings. The maximum atomic E-state index is 13.5. The van der Waals surface area contributed by atoms with Gasteiger partial charge in [-0.2, -0.15) is 0 Å². The summed E-state index contributed by atoms with van der Waals surface area (Å²) in [5.74, 6) is -0.187. The van der Waals surface area contributed by atoms with E-state index in [1.165, 1.54) is 18.2 Å². The van der Waals surface area contributed by atoms with Crippen molar-refractivity contribution in [1.29, 1.82) is 0 Å². The molecule has 0 unspecified atom stereocenters. The number of aliphatic imine (C=N–C) groups is 1. The second-order valence-corrected chi connectivity index (χ2v) is 8.37. The van der Waals surface area contributed by atoms with Gasteiger partial charge in [0.15, 0.2) is 17.2 Å². The smallest absolute Gasteiger partial charge is 0.363 e. The zero-order valence-corrected chi connectivity index (χ0v) is 20.0. The molecule has 0 bridgehead atoms. The van der Waals surface area contributed by atoms with E-state index in [0.29, 0.717) is 44.8 Å². The molecule has 1 aliphatic rings. The lowest BCUT2D eigenvalue weighted by molar-refractivity contribution is -0.129. The summed E-state index contributed by atoms with van der Waals surface area (Å²) in [7, 11) is 0. The summed E-state index contributed by atoms with van der Waals surface area (Å²) in [5, 5.41) is 0.954. The largest absolute Gasteiger partial charge is 0.490 e. The summed E-state index contributed by atoms with van der Waals surface area (Å²) in [4.78, 5) is 16.7. The fourth-order valence-corrected chi connectivity index (χ4v) is 3.75. The van der Waals surface area contributed by atoms with Crippen molar-refractivity contribution >= 4 is 52.7 Å². The first-order chi connectivity index (χ1) is 16.3. The normalized spacial score (nSPS) is 14.2. The van der Waals surface area contributed by atoms with Crippen LogP contribution in [0.4, 0.5) is 4.39 Å². The van der Waals surface area contributed by atoms with E-state index in [0.717, 1.165) is 0 Å². The molecule has 34 heavy (non-hydrogen) atoms. The molecule has 9 heteroatoms. The Morgan fingerprint density at radius 1 is 1.00 bits per heavy atom. The number of cyclic esters (lactones) is 1. The van der Waals surface area contributed by atoms with Crippen molar-refractivity contribution in [3.63, 3.8) is 0 Å². The maximum Gasteiger partial charge on any atom is 0.363 e. The molecule has 0 atom stereocenters. The molecule has 0 amide bonds. The van der Waals surface area contributed by atoms with E-state index in [9.17, 15) is 9.18 Å². The van der Waals surface area contributed by atoms with Crippen LogP contribution in [-0.4, -0.2) is 18.5 Å². The van der Waals surface area contributed by atoms with Crippen LogP contribution in [0.25, 0.3) is 6.08 Å². The molecule has 0 aliphatic carbocycles. The topological polar surface area (TPSA) is 57.1 Å². The molecule has 3 aromatic rings. The molecular weight excluding hydrogens is 504 g/mol. The Kier molecular flexibility index (Phi) is 7.41. The number of hydrogen-bond donors (Lipinski definition) is 0. The van der Waals surface area contributed by atoms with Gasteiger partial charge in [-0.15, -0.1) is 0 Å². The SMILES string of the molecule is CCOc1cc(/C=C2\N=C(c3ccc(Cl)c(Cl)c3)OC2=O)cc(Cl)c1OCc1cccc(F)c1. The fraction of sp³-hybridized carbons (Fsp3) is 0.120. The van der Waals surface area contributed by atoms with Crippen molar-refractivity contribution in [3.05, 3.63) is 97.9 Å². The number of esters is 1. The minimum Gasteiger partial charge on any atom is -0.490 e. The zero-order valence-electron chi connectivity index (χ0n) is 17.8. The summed E-state index contributed by atoms with van der Waals surface area (Å²) in [6, 6.07) is 14.2. The molecule has 0 saturated carbocycles. The number of benzene rings is 3. The van der Waals surface area contributed by atoms with Crippen LogP contribution in [0, 0.1) is 5.82 Å². The first kappa shape index (κ1) is 24.1. The van der Waals surface area contributed by atoms with E-state index in [4.69, 9.17) is 49.0 Å². The standard InChI is InChI=1S/C25H17Cl3FNO4/c1-2-32-22-11-15(9-20(28)23(22)33-13-14-4-3-5-17(29)8-14)10-21-25(31)34-24(30-21)16-6-7-18(26)19(27)12-16/h3-12H,2,13H2,1H3/b21-10-. The van der Waals surface area contributed by atoms with Crippen LogP contribution in [-0.2, 0) is 16.1 Å². The first-order valence-electron chi connectivity index (χ1n) is 10.2. The maximum absolute atomic E-state index is 13.5. The van der Waals surface area contributed by atoms with Gasteiger partial charge in [0.05, 0.1) is 21.7 Å². The average Bonchev–Trinajstić information content (AvgIpc) is 3.15. The quantitative estimate of drug-likeness (QED) is 0.246. The second kappa shape index (κ2) is 10.5. The van der Waals surface area contributed by atoms with Crippen molar-refractivity contribution in [2.75, 3.05) is 6.61 Å². The molecule has 174 valence electrons. The lowest BCUT2D eigenvalue weighted by atomic mass is 10.1. The molecule has 3 aromatic carbocycles. The van der Waals surface area contributed by atoms with Gasteiger partial charge >= 0.3 is 5.97 Å². The molecule has 0 aromatic heterocycles. The molecule has 1 aliphatic heterocycles. The van der Waals surface area contributed by atoms with Gasteiger partial charge < -0.3 is 14.2 Å². The Labute approximate surface area is 210 Å². The highest BCUT2D eigenvalue weighted by molar-refractivity contribution is 6.42. The van der Waals surface area contributed by atoms with E-state index in [-0.39, 0.29) is 29.0 Å². The molecular formula is C25H17Cl3FNO4. The lowest BCUT2D eigenvalue weighted by Gasteiger charge is -2.14. The van der Waals surface area contributed by atoms with Crippen molar-refractivity contribution < 1.29 is 23.4 Å². The van der Waals surface area contributed by atoms with Crippen LogP contribution in [0.2, 0.25) is 15.1 Å². The zero-order chi connectivity index (χ0) is 24.2. The molecule has 1 heterocycles. The Bertz CT molecular complexity index is 1320. The van der Waals surface area contributed by atoms with Crippen LogP contribution < -0.4 is 9.47 Å². The third kappa shape index (κ3) is 5.53. The van der Waals surface area contributed by atoms with E-state index < -0.39 is 5.97 Å². The molecule has 5 nitrogen and oxygen atoms in total. The van der Waals surface area contributed by atoms with Gasteiger partial charge in [-0.1, -0.05) is 46.9 Å².